The lowest BCUT2D eigenvalue weighted by Gasteiger charge is -2.15. The van der Waals surface area contributed by atoms with Crippen molar-refractivity contribution in [2.45, 2.75) is 39.2 Å². The predicted molar refractivity (Wildman–Crippen MR) is 82.2 cm³/mol. The Hall–Kier alpha value is -1.60. The normalized spacial score (nSPS) is 12.4. The third kappa shape index (κ3) is 3.93. The van der Waals surface area contributed by atoms with Gasteiger partial charge in [0.1, 0.15) is 0 Å². The van der Waals surface area contributed by atoms with Crippen LogP contribution in [0.4, 0.5) is 0 Å². The second-order valence-corrected chi connectivity index (χ2v) is 5.34. The predicted octanol–water partition coefficient (Wildman–Crippen LogP) is 4.33. The molecule has 1 heteroatoms. The molecule has 0 aliphatic heterocycles. The standard InChI is InChI=1S/C18H23N/c1-14-11-12-17(15(2)13-14)18(19)10-6-9-16-7-4-3-5-8-16/h3-5,7-8,11-13,18H,6,9-10,19H2,1-2H3. The summed E-state index contributed by atoms with van der Waals surface area (Å²) in [4.78, 5) is 0. The molecular formula is C18H23N. The Bertz CT molecular complexity index is 516. The van der Waals surface area contributed by atoms with Gasteiger partial charge in [-0.3, -0.25) is 0 Å². The monoisotopic (exact) mass is 253 g/mol. The van der Waals surface area contributed by atoms with E-state index in [-0.39, 0.29) is 6.04 Å². The molecule has 0 radical (unpaired) electrons. The van der Waals surface area contributed by atoms with Crippen molar-refractivity contribution in [3.63, 3.8) is 0 Å². The fraction of sp³-hybridized carbons (Fsp3) is 0.333. The average molecular weight is 253 g/mol. The van der Waals surface area contributed by atoms with E-state index in [0.717, 1.165) is 19.3 Å². The van der Waals surface area contributed by atoms with Gasteiger partial charge in [-0.25, -0.2) is 0 Å². The molecule has 2 N–H and O–H groups in total. The molecule has 0 spiro atoms. The van der Waals surface area contributed by atoms with Gasteiger partial charge in [-0.15, -0.1) is 0 Å². The third-order valence-electron chi connectivity index (χ3n) is 3.65. The van der Waals surface area contributed by atoms with Crippen molar-refractivity contribution in [1.29, 1.82) is 0 Å². The average Bonchev–Trinajstić information content (AvgIpc) is 2.39. The third-order valence-corrected chi connectivity index (χ3v) is 3.65. The Balaban J connectivity index is 1.89. The van der Waals surface area contributed by atoms with Crippen molar-refractivity contribution < 1.29 is 0 Å². The SMILES string of the molecule is Cc1ccc(C(N)CCCc2ccccc2)c(C)c1. The number of nitrogens with two attached hydrogens (primary N) is 1. The first-order chi connectivity index (χ1) is 9.16. The summed E-state index contributed by atoms with van der Waals surface area (Å²) < 4.78 is 0. The number of aryl methyl sites for hydroxylation is 3. The zero-order chi connectivity index (χ0) is 13.7. The van der Waals surface area contributed by atoms with Gasteiger partial charge < -0.3 is 5.73 Å². The molecule has 0 amide bonds. The summed E-state index contributed by atoms with van der Waals surface area (Å²) in [6.07, 6.45) is 3.29. The Labute approximate surface area is 116 Å². The lowest BCUT2D eigenvalue weighted by atomic mass is 9.95. The van der Waals surface area contributed by atoms with E-state index in [1.165, 1.54) is 22.3 Å². The van der Waals surface area contributed by atoms with Gasteiger partial charge >= 0.3 is 0 Å². The Morgan fingerprint density at radius 1 is 1.00 bits per heavy atom. The summed E-state index contributed by atoms with van der Waals surface area (Å²) >= 11 is 0. The summed E-state index contributed by atoms with van der Waals surface area (Å²) in [6, 6.07) is 17.3. The van der Waals surface area contributed by atoms with Crippen LogP contribution in [0.5, 0.6) is 0 Å². The Kier molecular flexibility index (Phi) is 4.75. The minimum Gasteiger partial charge on any atom is -0.324 e. The Morgan fingerprint density at radius 2 is 1.74 bits per heavy atom. The molecule has 0 aliphatic carbocycles. The largest absolute Gasteiger partial charge is 0.324 e. The lowest BCUT2D eigenvalue weighted by molar-refractivity contribution is 0.609. The molecule has 2 aromatic carbocycles. The molecular weight excluding hydrogens is 230 g/mol. The number of hydrogen-bond donors (Lipinski definition) is 1. The molecule has 1 unspecified atom stereocenters. The molecule has 0 heterocycles. The summed E-state index contributed by atoms with van der Waals surface area (Å²) in [5.74, 6) is 0. The maximum Gasteiger partial charge on any atom is 0.0297 e. The van der Waals surface area contributed by atoms with Gasteiger partial charge in [-0.1, -0.05) is 54.1 Å². The lowest BCUT2D eigenvalue weighted by Crippen LogP contribution is -2.12. The van der Waals surface area contributed by atoms with Crippen molar-refractivity contribution in [3.05, 3.63) is 70.8 Å². The highest BCUT2D eigenvalue weighted by molar-refractivity contribution is 5.32. The van der Waals surface area contributed by atoms with Gasteiger partial charge in [-0.2, -0.15) is 0 Å². The van der Waals surface area contributed by atoms with Crippen LogP contribution < -0.4 is 5.73 Å². The molecule has 0 fully saturated rings. The number of rotatable bonds is 5. The van der Waals surface area contributed by atoms with Crippen LogP contribution in [0.2, 0.25) is 0 Å². The Morgan fingerprint density at radius 3 is 2.42 bits per heavy atom. The fourth-order valence-electron chi connectivity index (χ4n) is 2.57. The molecule has 0 saturated heterocycles. The molecule has 2 aromatic rings. The summed E-state index contributed by atoms with van der Waals surface area (Å²) in [5.41, 5.74) is 11.6. The fourth-order valence-corrected chi connectivity index (χ4v) is 2.57. The van der Waals surface area contributed by atoms with E-state index in [1.54, 1.807) is 0 Å². The summed E-state index contributed by atoms with van der Waals surface area (Å²) in [6.45, 7) is 4.27. The first-order valence-electron chi connectivity index (χ1n) is 7.03. The highest BCUT2D eigenvalue weighted by Crippen LogP contribution is 2.21. The van der Waals surface area contributed by atoms with E-state index >= 15 is 0 Å². The molecule has 1 atom stereocenters. The van der Waals surface area contributed by atoms with E-state index in [4.69, 9.17) is 5.73 Å². The van der Waals surface area contributed by atoms with E-state index in [1.807, 2.05) is 0 Å². The number of benzene rings is 2. The van der Waals surface area contributed by atoms with Crippen LogP contribution in [0, 0.1) is 13.8 Å². The van der Waals surface area contributed by atoms with E-state index in [2.05, 4.69) is 62.4 Å². The minimum atomic E-state index is 0.157. The van der Waals surface area contributed by atoms with E-state index in [9.17, 15) is 0 Å². The van der Waals surface area contributed by atoms with Crippen LogP contribution >= 0.6 is 0 Å². The van der Waals surface area contributed by atoms with Crippen LogP contribution in [-0.4, -0.2) is 0 Å². The maximum atomic E-state index is 6.31. The van der Waals surface area contributed by atoms with E-state index < -0.39 is 0 Å². The first-order valence-corrected chi connectivity index (χ1v) is 7.03. The first kappa shape index (κ1) is 13.8. The smallest absolute Gasteiger partial charge is 0.0297 e. The molecule has 1 nitrogen and oxygen atoms in total. The van der Waals surface area contributed by atoms with Crippen molar-refractivity contribution in [1.82, 2.24) is 0 Å². The zero-order valence-electron chi connectivity index (χ0n) is 11.9. The molecule has 0 saturated carbocycles. The molecule has 100 valence electrons. The van der Waals surface area contributed by atoms with Crippen LogP contribution in [0.15, 0.2) is 48.5 Å². The molecule has 19 heavy (non-hydrogen) atoms. The van der Waals surface area contributed by atoms with Gasteiger partial charge in [0.25, 0.3) is 0 Å². The topological polar surface area (TPSA) is 26.0 Å². The maximum absolute atomic E-state index is 6.31. The summed E-state index contributed by atoms with van der Waals surface area (Å²) in [7, 11) is 0. The van der Waals surface area contributed by atoms with Crippen molar-refractivity contribution >= 4 is 0 Å². The second-order valence-electron chi connectivity index (χ2n) is 5.34. The van der Waals surface area contributed by atoms with Gasteiger partial charge in [0.2, 0.25) is 0 Å². The molecule has 0 aliphatic rings. The van der Waals surface area contributed by atoms with Gasteiger partial charge in [-0.05, 0) is 49.8 Å². The molecule has 0 aromatic heterocycles. The highest BCUT2D eigenvalue weighted by Gasteiger charge is 2.08. The quantitative estimate of drug-likeness (QED) is 0.843. The minimum absolute atomic E-state index is 0.157. The van der Waals surface area contributed by atoms with E-state index in [0.29, 0.717) is 0 Å². The van der Waals surface area contributed by atoms with Gasteiger partial charge in [0.15, 0.2) is 0 Å². The summed E-state index contributed by atoms with van der Waals surface area (Å²) in [5, 5.41) is 0. The van der Waals surface area contributed by atoms with Crippen LogP contribution in [0.3, 0.4) is 0 Å². The van der Waals surface area contributed by atoms with Crippen molar-refractivity contribution in [3.8, 4) is 0 Å². The van der Waals surface area contributed by atoms with Crippen molar-refractivity contribution in [2.24, 2.45) is 5.73 Å². The molecule has 2 rings (SSSR count). The highest BCUT2D eigenvalue weighted by atomic mass is 14.6. The van der Waals surface area contributed by atoms with Gasteiger partial charge in [0, 0.05) is 6.04 Å². The second kappa shape index (κ2) is 6.53. The van der Waals surface area contributed by atoms with Crippen LogP contribution in [0.25, 0.3) is 0 Å². The van der Waals surface area contributed by atoms with Crippen LogP contribution in [0.1, 0.15) is 41.1 Å². The molecule has 0 bridgehead atoms. The van der Waals surface area contributed by atoms with Crippen LogP contribution in [-0.2, 0) is 6.42 Å². The van der Waals surface area contributed by atoms with Crippen molar-refractivity contribution in [2.75, 3.05) is 0 Å². The number of hydrogen-bond acceptors (Lipinski definition) is 1. The van der Waals surface area contributed by atoms with Gasteiger partial charge in [0.05, 0.1) is 0 Å². The zero-order valence-corrected chi connectivity index (χ0v) is 11.9.